The third kappa shape index (κ3) is 1.80. The summed E-state index contributed by atoms with van der Waals surface area (Å²) in [6.45, 7) is 0. The van der Waals surface area contributed by atoms with Crippen LogP contribution in [0.15, 0.2) is 17.7 Å². The number of fused-ring (bicyclic) bond motifs is 1. The number of hydrogen-bond donors (Lipinski definition) is 0. The molecule has 1 aliphatic rings. The van der Waals surface area contributed by atoms with E-state index in [0.29, 0.717) is 21.7 Å². The van der Waals surface area contributed by atoms with E-state index in [-0.39, 0.29) is 22.8 Å². The average molecular weight is 263 g/mol. The van der Waals surface area contributed by atoms with E-state index in [2.05, 4.69) is 0 Å². The van der Waals surface area contributed by atoms with Crippen molar-refractivity contribution in [2.75, 3.05) is 0 Å². The van der Waals surface area contributed by atoms with E-state index in [1.165, 1.54) is 12.1 Å². The normalized spacial score (nSPS) is 12.9. The van der Waals surface area contributed by atoms with E-state index < -0.39 is 0 Å². The highest BCUT2D eigenvalue weighted by Gasteiger charge is 2.28. The van der Waals surface area contributed by atoms with Gasteiger partial charge in [-0.1, -0.05) is 23.2 Å². The Kier molecular flexibility index (Phi) is 2.90. The van der Waals surface area contributed by atoms with E-state index in [4.69, 9.17) is 33.7 Å². The number of hydrogen-bond acceptors (Lipinski definition) is 3. The third-order valence-electron chi connectivity index (χ3n) is 2.55. The smallest absolute Gasteiger partial charge is 0.167 e. The average Bonchev–Trinajstić information content (AvgIpc) is 2.60. The Hall–Kier alpha value is -1.81. The molecule has 0 heterocycles. The van der Waals surface area contributed by atoms with E-state index in [1.807, 2.05) is 0 Å². The van der Waals surface area contributed by atoms with Crippen LogP contribution >= 0.6 is 23.2 Å². The number of halogens is 2. The second kappa shape index (κ2) is 4.22. The van der Waals surface area contributed by atoms with Gasteiger partial charge in [-0.05, 0) is 23.3 Å². The Morgan fingerprint density at radius 1 is 1.12 bits per heavy atom. The monoisotopic (exact) mass is 262 g/mol. The number of rotatable bonds is 0. The lowest BCUT2D eigenvalue weighted by Gasteiger charge is -2.02. The number of benzene rings is 1. The standard InChI is InChI=1S/C12H4Cl2N2O/c13-10-1-8-7(6(4-15)5-16)3-12(17)9(8)2-11(10)14/h1-2H,3H2. The van der Waals surface area contributed by atoms with Gasteiger partial charge in [-0.25, -0.2) is 0 Å². The van der Waals surface area contributed by atoms with Gasteiger partial charge in [-0.2, -0.15) is 10.5 Å². The van der Waals surface area contributed by atoms with Crippen LogP contribution < -0.4 is 0 Å². The van der Waals surface area contributed by atoms with Crippen molar-refractivity contribution in [3.63, 3.8) is 0 Å². The molecule has 0 aromatic heterocycles. The maximum Gasteiger partial charge on any atom is 0.167 e. The minimum absolute atomic E-state index is 0.0441. The second-order valence-electron chi connectivity index (χ2n) is 3.49. The molecule has 2 rings (SSSR count). The van der Waals surface area contributed by atoms with Crippen molar-refractivity contribution in [3.8, 4) is 12.1 Å². The van der Waals surface area contributed by atoms with Crippen LogP contribution in [0.3, 0.4) is 0 Å². The topological polar surface area (TPSA) is 64.7 Å². The van der Waals surface area contributed by atoms with Crippen LogP contribution in [0.2, 0.25) is 10.0 Å². The van der Waals surface area contributed by atoms with Gasteiger partial charge in [0.05, 0.1) is 10.0 Å². The molecule has 1 aliphatic carbocycles. The van der Waals surface area contributed by atoms with Gasteiger partial charge in [-0.15, -0.1) is 0 Å². The lowest BCUT2D eigenvalue weighted by atomic mass is 10.0. The molecule has 0 amide bonds. The zero-order valence-corrected chi connectivity index (χ0v) is 9.93. The van der Waals surface area contributed by atoms with Gasteiger partial charge in [0, 0.05) is 12.0 Å². The van der Waals surface area contributed by atoms with Crippen molar-refractivity contribution in [1.82, 2.24) is 0 Å². The van der Waals surface area contributed by atoms with Crippen molar-refractivity contribution in [1.29, 1.82) is 10.5 Å². The molecule has 3 nitrogen and oxygen atoms in total. The Balaban J connectivity index is 2.77. The maximum atomic E-state index is 11.7. The second-order valence-corrected chi connectivity index (χ2v) is 4.30. The summed E-state index contributed by atoms with van der Waals surface area (Å²) in [5.74, 6) is -0.156. The van der Waals surface area contributed by atoms with Crippen LogP contribution in [0.1, 0.15) is 22.3 Å². The van der Waals surface area contributed by atoms with E-state index in [9.17, 15) is 4.79 Å². The lowest BCUT2D eigenvalue weighted by molar-refractivity contribution is 0.100. The first-order valence-electron chi connectivity index (χ1n) is 4.64. The predicted octanol–water partition coefficient (Wildman–Crippen LogP) is 3.38. The molecule has 17 heavy (non-hydrogen) atoms. The molecule has 82 valence electrons. The molecule has 0 saturated heterocycles. The highest BCUT2D eigenvalue weighted by molar-refractivity contribution is 6.42. The number of carbonyl (C=O) groups excluding carboxylic acids is 1. The van der Waals surface area contributed by atoms with Gasteiger partial charge in [0.15, 0.2) is 5.78 Å². The largest absolute Gasteiger partial charge is 0.294 e. The number of allylic oxidation sites excluding steroid dienone is 2. The van der Waals surface area contributed by atoms with Crippen molar-refractivity contribution in [2.24, 2.45) is 0 Å². The predicted molar refractivity (Wildman–Crippen MR) is 63.6 cm³/mol. The van der Waals surface area contributed by atoms with Crippen LogP contribution in [0.4, 0.5) is 0 Å². The summed E-state index contributed by atoms with van der Waals surface area (Å²) in [4.78, 5) is 11.7. The van der Waals surface area contributed by atoms with Crippen LogP contribution in [0, 0.1) is 22.7 Å². The number of carbonyl (C=O) groups is 1. The molecule has 0 saturated carbocycles. The quantitative estimate of drug-likeness (QED) is 0.674. The molecule has 0 fully saturated rings. The molecular formula is C12H4Cl2N2O. The number of Topliss-reactive ketones (excluding diaryl/α,β-unsaturated/α-hetero) is 1. The van der Waals surface area contributed by atoms with Gasteiger partial charge in [0.2, 0.25) is 0 Å². The van der Waals surface area contributed by atoms with Crippen molar-refractivity contribution in [3.05, 3.63) is 38.9 Å². The Labute approximate surface area is 107 Å². The molecule has 1 aromatic rings. The highest BCUT2D eigenvalue weighted by Crippen LogP contribution is 2.38. The Morgan fingerprint density at radius 2 is 1.65 bits per heavy atom. The summed E-state index contributed by atoms with van der Waals surface area (Å²) >= 11 is 11.7. The number of ketones is 1. The number of nitriles is 2. The SMILES string of the molecule is N#CC(C#N)=C1CC(=O)c2cc(Cl)c(Cl)cc21. The van der Waals surface area contributed by atoms with Gasteiger partial charge in [0.25, 0.3) is 0 Å². The summed E-state index contributed by atoms with van der Waals surface area (Å²) < 4.78 is 0. The van der Waals surface area contributed by atoms with Crippen molar-refractivity contribution >= 4 is 34.6 Å². The maximum absolute atomic E-state index is 11.7. The zero-order chi connectivity index (χ0) is 12.6. The van der Waals surface area contributed by atoms with Gasteiger partial charge in [-0.3, -0.25) is 4.79 Å². The van der Waals surface area contributed by atoms with Crippen LogP contribution in [0.25, 0.3) is 5.57 Å². The third-order valence-corrected chi connectivity index (χ3v) is 3.27. The fraction of sp³-hybridized carbons (Fsp3) is 0.0833. The molecule has 0 radical (unpaired) electrons. The Morgan fingerprint density at radius 3 is 2.18 bits per heavy atom. The fourth-order valence-corrected chi connectivity index (χ4v) is 2.09. The molecule has 0 aliphatic heterocycles. The minimum atomic E-state index is -0.156. The summed E-state index contributed by atoms with van der Waals surface area (Å²) in [6, 6.07) is 6.55. The summed E-state index contributed by atoms with van der Waals surface area (Å²) in [5, 5.41) is 18.2. The zero-order valence-electron chi connectivity index (χ0n) is 8.42. The first-order chi connectivity index (χ1) is 8.08. The van der Waals surface area contributed by atoms with E-state index in [1.54, 1.807) is 12.1 Å². The van der Waals surface area contributed by atoms with E-state index in [0.717, 1.165) is 0 Å². The molecule has 5 heteroatoms. The van der Waals surface area contributed by atoms with Crippen LogP contribution in [-0.2, 0) is 0 Å². The molecule has 0 atom stereocenters. The first kappa shape index (κ1) is 11.7. The summed E-state index contributed by atoms with van der Waals surface area (Å²) in [6.07, 6.45) is 0.0441. The van der Waals surface area contributed by atoms with Crippen molar-refractivity contribution in [2.45, 2.75) is 6.42 Å². The Bertz CT molecular complexity index is 632. The molecular weight excluding hydrogens is 259 g/mol. The molecule has 1 aromatic carbocycles. The molecule has 0 unspecified atom stereocenters. The van der Waals surface area contributed by atoms with E-state index >= 15 is 0 Å². The highest BCUT2D eigenvalue weighted by atomic mass is 35.5. The lowest BCUT2D eigenvalue weighted by Crippen LogP contribution is -1.90. The molecule has 0 bridgehead atoms. The molecule has 0 N–H and O–H groups in total. The molecule has 0 spiro atoms. The van der Waals surface area contributed by atoms with Crippen LogP contribution in [0.5, 0.6) is 0 Å². The van der Waals surface area contributed by atoms with Gasteiger partial charge >= 0.3 is 0 Å². The minimum Gasteiger partial charge on any atom is -0.294 e. The summed E-state index contributed by atoms with van der Waals surface area (Å²) in [5.41, 5.74) is 1.31. The first-order valence-corrected chi connectivity index (χ1v) is 5.40. The summed E-state index contributed by atoms with van der Waals surface area (Å²) in [7, 11) is 0. The van der Waals surface area contributed by atoms with Gasteiger partial charge < -0.3 is 0 Å². The fourth-order valence-electron chi connectivity index (χ4n) is 1.76. The van der Waals surface area contributed by atoms with Gasteiger partial charge in [0.1, 0.15) is 17.7 Å². The number of nitrogens with zero attached hydrogens (tertiary/aromatic N) is 2. The van der Waals surface area contributed by atoms with Crippen molar-refractivity contribution < 1.29 is 4.79 Å². The van der Waals surface area contributed by atoms with Crippen LogP contribution in [-0.4, -0.2) is 5.78 Å².